The number of hydrogen-bond donors (Lipinski definition) is 3. The molecule has 1 aliphatic heterocycles. The number of H-pyrrole nitrogens is 1. The van der Waals surface area contributed by atoms with Gasteiger partial charge in [-0.1, -0.05) is 0 Å². The Hall–Kier alpha value is -3.02. The molecule has 128 valence electrons. The molecular weight excluding hydrogens is 320 g/mol. The number of esters is 1. The lowest BCUT2D eigenvalue weighted by Crippen LogP contribution is -2.03. The van der Waals surface area contributed by atoms with Crippen molar-refractivity contribution in [3.05, 3.63) is 46.3 Å². The van der Waals surface area contributed by atoms with Crippen molar-refractivity contribution in [1.82, 2.24) is 4.98 Å². The highest BCUT2D eigenvalue weighted by Crippen LogP contribution is 2.38. The number of ether oxygens (including phenoxy) is 1. The van der Waals surface area contributed by atoms with Crippen molar-refractivity contribution in [2.24, 2.45) is 0 Å². The van der Waals surface area contributed by atoms with Crippen LogP contribution in [0.5, 0.6) is 5.75 Å². The summed E-state index contributed by atoms with van der Waals surface area (Å²) in [6.45, 7) is 0. The topological polar surface area (TPSA) is 91.4 Å². The van der Waals surface area contributed by atoms with Crippen molar-refractivity contribution in [2.75, 3.05) is 12.4 Å². The molecule has 25 heavy (non-hydrogen) atoms. The third kappa shape index (κ3) is 2.50. The molecule has 0 unspecified atom stereocenters. The number of carbonyl (C=O) groups is 2. The lowest BCUT2D eigenvalue weighted by molar-refractivity contribution is -0.110. The predicted molar refractivity (Wildman–Crippen MR) is 93.4 cm³/mol. The Labute approximate surface area is 144 Å². The van der Waals surface area contributed by atoms with Crippen LogP contribution < -0.4 is 5.32 Å². The monoisotopic (exact) mass is 338 g/mol. The fourth-order valence-electron chi connectivity index (χ4n) is 3.51. The average molecular weight is 338 g/mol. The van der Waals surface area contributed by atoms with Crippen LogP contribution in [0.1, 0.15) is 45.7 Å². The molecule has 3 N–H and O–H groups in total. The number of nitrogens with one attached hydrogen (secondary N) is 2. The van der Waals surface area contributed by atoms with Crippen LogP contribution in [0.25, 0.3) is 11.6 Å². The first-order valence-electron chi connectivity index (χ1n) is 8.27. The van der Waals surface area contributed by atoms with Gasteiger partial charge in [-0.2, -0.15) is 0 Å². The Morgan fingerprint density at radius 3 is 2.84 bits per heavy atom. The first kappa shape index (κ1) is 15.5. The summed E-state index contributed by atoms with van der Waals surface area (Å²) in [6.07, 6.45) is 5.54. The Morgan fingerprint density at radius 2 is 2.08 bits per heavy atom. The molecule has 0 spiro atoms. The minimum atomic E-state index is -0.459. The van der Waals surface area contributed by atoms with E-state index in [2.05, 4.69) is 10.3 Å². The van der Waals surface area contributed by atoms with Crippen LogP contribution in [-0.2, 0) is 22.4 Å². The number of benzene rings is 1. The van der Waals surface area contributed by atoms with Gasteiger partial charge in [-0.15, -0.1) is 0 Å². The summed E-state index contributed by atoms with van der Waals surface area (Å²) in [5.41, 5.74) is 4.57. The molecule has 1 amide bonds. The van der Waals surface area contributed by atoms with E-state index < -0.39 is 5.97 Å². The zero-order chi connectivity index (χ0) is 17.6. The van der Waals surface area contributed by atoms with Gasteiger partial charge in [-0.3, -0.25) is 4.79 Å². The summed E-state index contributed by atoms with van der Waals surface area (Å²) in [5, 5.41) is 13.2. The molecule has 6 heteroatoms. The van der Waals surface area contributed by atoms with E-state index in [1.54, 1.807) is 24.3 Å². The number of carbonyl (C=O) groups excluding carboxylic acids is 2. The van der Waals surface area contributed by atoms with Crippen molar-refractivity contribution in [3.8, 4) is 5.75 Å². The third-order valence-electron chi connectivity index (χ3n) is 4.81. The molecule has 4 rings (SSSR count). The summed E-state index contributed by atoms with van der Waals surface area (Å²) in [4.78, 5) is 27.3. The van der Waals surface area contributed by atoms with E-state index in [0.717, 1.165) is 36.9 Å². The summed E-state index contributed by atoms with van der Waals surface area (Å²) >= 11 is 0. The maximum atomic E-state index is 12.3. The normalized spacial score (nSPS) is 17.2. The van der Waals surface area contributed by atoms with E-state index in [1.807, 2.05) is 0 Å². The number of aromatic amines is 1. The maximum Gasteiger partial charge on any atom is 0.337 e. The smallest absolute Gasteiger partial charge is 0.337 e. The van der Waals surface area contributed by atoms with Gasteiger partial charge >= 0.3 is 5.97 Å². The van der Waals surface area contributed by atoms with Crippen LogP contribution in [-0.4, -0.2) is 29.1 Å². The third-order valence-corrected chi connectivity index (χ3v) is 4.81. The second kappa shape index (κ2) is 5.81. The first-order valence-corrected chi connectivity index (χ1v) is 8.27. The van der Waals surface area contributed by atoms with Gasteiger partial charge in [-0.25, -0.2) is 4.79 Å². The molecule has 1 aliphatic carbocycles. The summed E-state index contributed by atoms with van der Waals surface area (Å²) < 4.78 is 4.74. The van der Waals surface area contributed by atoms with Gasteiger partial charge in [-0.05, 0) is 50.0 Å². The van der Waals surface area contributed by atoms with E-state index >= 15 is 0 Å². The molecule has 2 aliphatic rings. The van der Waals surface area contributed by atoms with Crippen LogP contribution in [0, 0.1) is 0 Å². The highest BCUT2D eigenvalue weighted by Gasteiger charge is 2.27. The lowest BCUT2D eigenvalue weighted by atomic mass is 9.97. The van der Waals surface area contributed by atoms with Crippen LogP contribution >= 0.6 is 0 Å². The second-order valence-electron chi connectivity index (χ2n) is 6.32. The van der Waals surface area contributed by atoms with Gasteiger partial charge in [0.05, 0.1) is 23.9 Å². The number of hydrogen-bond acceptors (Lipinski definition) is 4. The Morgan fingerprint density at radius 1 is 1.28 bits per heavy atom. The molecule has 2 heterocycles. The average Bonchev–Trinajstić information content (AvgIpc) is 3.11. The van der Waals surface area contributed by atoms with Gasteiger partial charge in [0.25, 0.3) is 5.91 Å². The van der Waals surface area contributed by atoms with Crippen molar-refractivity contribution < 1.29 is 19.4 Å². The summed E-state index contributed by atoms with van der Waals surface area (Å²) in [7, 11) is 1.32. The molecular formula is C19H18N2O4. The molecule has 1 aromatic carbocycles. The van der Waals surface area contributed by atoms with Gasteiger partial charge in [0.15, 0.2) is 0 Å². The number of aromatic nitrogens is 1. The number of aryl methyl sites for hydroxylation is 1. The number of anilines is 1. The van der Waals surface area contributed by atoms with Crippen molar-refractivity contribution in [2.45, 2.75) is 25.7 Å². The molecule has 0 saturated carbocycles. The fraction of sp³-hybridized carbons (Fsp3) is 0.263. The molecule has 0 atom stereocenters. The van der Waals surface area contributed by atoms with Crippen LogP contribution in [0.15, 0.2) is 18.2 Å². The Bertz CT molecular complexity index is 924. The molecule has 0 saturated heterocycles. The summed E-state index contributed by atoms with van der Waals surface area (Å²) in [6, 6.07) is 4.92. The van der Waals surface area contributed by atoms with E-state index in [9.17, 15) is 14.7 Å². The maximum absolute atomic E-state index is 12.3. The van der Waals surface area contributed by atoms with Crippen LogP contribution in [0.3, 0.4) is 0 Å². The number of rotatable bonds is 2. The lowest BCUT2D eigenvalue weighted by Gasteiger charge is -2.09. The van der Waals surface area contributed by atoms with E-state index in [0.29, 0.717) is 28.1 Å². The SMILES string of the molecule is COC(=O)c1ccc2c(c1)C(=Cc1[nH]c3c(c1O)CCCC3)C(=O)N2. The minimum absolute atomic E-state index is 0.215. The predicted octanol–water partition coefficient (Wildman–Crippen LogP) is 2.88. The van der Waals surface area contributed by atoms with Gasteiger partial charge in [0, 0.05) is 22.5 Å². The second-order valence-corrected chi connectivity index (χ2v) is 6.32. The molecule has 6 nitrogen and oxygen atoms in total. The Kier molecular flexibility index (Phi) is 3.60. The van der Waals surface area contributed by atoms with Gasteiger partial charge < -0.3 is 20.1 Å². The molecule has 0 fully saturated rings. The molecule has 0 radical (unpaired) electrons. The van der Waals surface area contributed by atoms with Crippen molar-refractivity contribution in [1.29, 1.82) is 0 Å². The molecule has 1 aromatic heterocycles. The zero-order valence-electron chi connectivity index (χ0n) is 13.8. The standard InChI is InChI=1S/C19H18N2O4/c1-25-19(24)10-6-7-15-12(8-10)13(18(23)21-15)9-16-17(22)11-4-2-3-5-14(11)20-16/h6-9,20,22H,2-5H2,1H3,(H,21,23). The van der Waals surface area contributed by atoms with Crippen molar-refractivity contribution in [3.63, 3.8) is 0 Å². The Balaban J connectivity index is 1.79. The highest BCUT2D eigenvalue weighted by atomic mass is 16.5. The summed E-state index contributed by atoms with van der Waals surface area (Å²) in [5.74, 6) is -0.503. The first-order chi connectivity index (χ1) is 12.1. The van der Waals surface area contributed by atoms with Crippen LogP contribution in [0.2, 0.25) is 0 Å². The van der Waals surface area contributed by atoms with Gasteiger partial charge in [0.1, 0.15) is 5.75 Å². The quantitative estimate of drug-likeness (QED) is 0.580. The number of methoxy groups -OCH3 is 1. The van der Waals surface area contributed by atoms with E-state index in [4.69, 9.17) is 4.74 Å². The van der Waals surface area contributed by atoms with Crippen molar-refractivity contribution >= 4 is 29.2 Å². The minimum Gasteiger partial charge on any atom is -0.505 e. The number of aromatic hydroxyl groups is 1. The number of amides is 1. The molecule has 0 bridgehead atoms. The van der Waals surface area contributed by atoms with E-state index in [-0.39, 0.29) is 11.7 Å². The molecule has 2 aromatic rings. The van der Waals surface area contributed by atoms with Crippen LogP contribution in [0.4, 0.5) is 5.69 Å². The zero-order valence-corrected chi connectivity index (χ0v) is 13.8. The fourth-order valence-corrected chi connectivity index (χ4v) is 3.51. The van der Waals surface area contributed by atoms with Gasteiger partial charge in [0.2, 0.25) is 0 Å². The van der Waals surface area contributed by atoms with E-state index in [1.165, 1.54) is 7.11 Å². The number of fused-ring (bicyclic) bond motifs is 2. The largest absolute Gasteiger partial charge is 0.505 e. The highest BCUT2D eigenvalue weighted by molar-refractivity contribution is 6.35.